The van der Waals surface area contributed by atoms with E-state index < -0.39 is 15.0 Å². The molecule has 0 heterocycles. The van der Waals surface area contributed by atoms with Crippen LogP contribution in [0.25, 0.3) is 0 Å². The third-order valence-corrected chi connectivity index (χ3v) is 9.84. The largest absolute Gasteiger partial charge is 0.393 e. The van der Waals surface area contributed by atoms with Gasteiger partial charge in [0, 0.05) is 0 Å². The maximum Gasteiger partial charge on any atom is 0.232 e. The van der Waals surface area contributed by atoms with Crippen molar-refractivity contribution in [3.05, 3.63) is 88.7 Å². The van der Waals surface area contributed by atoms with Gasteiger partial charge in [-0.05, 0) is 92.4 Å². The van der Waals surface area contributed by atoms with E-state index in [1.54, 1.807) is 18.2 Å². The molecule has 1 N–H and O–H groups in total. The molecule has 3 aliphatic carbocycles. The van der Waals surface area contributed by atoms with Crippen molar-refractivity contribution in [3.63, 3.8) is 0 Å². The highest BCUT2D eigenvalue weighted by molar-refractivity contribution is 7.95. The summed E-state index contributed by atoms with van der Waals surface area (Å²) in [6.45, 7) is 8.57. The van der Waals surface area contributed by atoms with Crippen LogP contribution in [0, 0.1) is 17.3 Å². The number of rotatable bonds is 6. The molecule has 0 aliphatic heterocycles. The lowest BCUT2D eigenvalue weighted by Crippen LogP contribution is -2.32. The average molecular weight is 497 g/mol. The molecule has 1 aromatic carbocycles. The van der Waals surface area contributed by atoms with Crippen LogP contribution >= 0.6 is 0 Å². The molecule has 0 radical (unpaired) electrons. The molecular formula is C30H37FO3S. The summed E-state index contributed by atoms with van der Waals surface area (Å²) < 4.78 is 39.9. The summed E-state index contributed by atoms with van der Waals surface area (Å²) in [6, 6.07) is 7.76. The molecule has 0 saturated heterocycles. The molecule has 2 unspecified atom stereocenters. The van der Waals surface area contributed by atoms with Crippen molar-refractivity contribution < 1.29 is 17.9 Å². The fraction of sp³-hybridized carbons (Fsp3) is 0.467. The minimum atomic E-state index is -4.10. The van der Waals surface area contributed by atoms with Crippen molar-refractivity contribution in [2.24, 2.45) is 17.3 Å². The van der Waals surface area contributed by atoms with Crippen LogP contribution in [0.2, 0.25) is 0 Å². The van der Waals surface area contributed by atoms with Crippen molar-refractivity contribution in [1.82, 2.24) is 0 Å². The van der Waals surface area contributed by atoms with Crippen LogP contribution in [0.1, 0.15) is 65.2 Å². The fourth-order valence-electron chi connectivity index (χ4n) is 6.23. The number of fused-ring (bicyclic) bond motifs is 1. The van der Waals surface area contributed by atoms with E-state index in [2.05, 4.69) is 38.7 Å². The lowest BCUT2D eigenvalue weighted by Gasteiger charge is -2.42. The quantitative estimate of drug-likeness (QED) is 0.418. The average Bonchev–Trinajstić information content (AvgIpc) is 3.21. The summed E-state index contributed by atoms with van der Waals surface area (Å²) in [4.78, 5) is -0.0159. The summed E-state index contributed by atoms with van der Waals surface area (Å²) in [6.07, 6.45) is 14.6. The number of aliphatic hydroxyl groups is 1. The third kappa shape index (κ3) is 5.31. The summed E-state index contributed by atoms with van der Waals surface area (Å²) in [7, 11) is -4.10. The molecule has 3 aliphatic rings. The van der Waals surface area contributed by atoms with Crippen LogP contribution in [0.3, 0.4) is 0 Å². The Balaban J connectivity index is 1.48. The number of hydrogen-bond donors (Lipinski definition) is 1. The van der Waals surface area contributed by atoms with E-state index >= 15 is 0 Å². The molecule has 0 bridgehead atoms. The van der Waals surface area contributed by atoms with Gasteiger partial charge in [0.15, 0.2) is 0 Å². The van der Waals surface area contributed by atoms with Gasteiger partial charge in [-0.3, -0.25) is 0 Å². The first-order valence-corrected chi connectivity index (χ1v) is 14.2. The van der Waals surface area contributed by atoms with E-state index in [1.165, 1.54) is 29.4 Å². The lowest BCUT2D eigenvalue weighted by atomic mass is 9.62. The monoisotopic (exact) mass is 496 g/mol. The van der Waals surface area contributed by atoms with Crippen LogP contribution < -0.4 is 0 Å². The van der Waals surface area contributed by atoms with Gasteiger partial charge in [-0.25, -0.2) is 8.42 Å². The van der Waals surface area contributed by atoms with Crippen molar-refractivity contribution in [1.29, 1.82) is 0 Å². The van der Waals surface area contributed by atoms with Gasteiger partial charge in [-0.1, -0.05) is 73.6 Å². The minimum Gasteiger partial charge on any atom is -0.393 e. The molecule has 2 fully saturated rings. The molecule has 1 aromatic rings. The highest BCUT2D eigenvalue weighted by atomic mass is 32.2. The predicted molar refractivity (Wildman–Crippen MR) is 140 cm³/mol. The van der Waals surface area contributed by atoms with E-state index in [-0.39, 0.29) is 22.3 Å². The Morgan fingerprint density at radius 2 is 2.00 bits per heavy atom. The van der Waals surface area contributed by atoms with Crippen LogP contribution in [0.5, 0.6) is 0 Å². The van der Waals surface area contributed by atoms with Crippen LogP contribution in [0.4, 0.5) is 4.39 Å². The first-order chi connectivity index (χ1) is 16.6. The highest BCUT2D eigenvalue weighted by Crippen LogP contribution is 2.57. The molecule has 3 nitrogen and oxygen atoms in total. The molecule has 5 heteroatoms. The number of allylic oxidation sites excluding steroid dienone is 7. The maximum absolute atomic E-state index is 14.8. The summed E-state index contributed by atoms with van der Waals surface area (Å²) in [5, 5.41) is 8.98. The van der Waals surface area contributed by atoms with Gasteiger partial charge in [0.25, 0.3) is 0 Å². The molecule has 4 rings (SSSR count). The Morgan fingerprint density at radius 1 is 1.26 bits per heavy atom. The molecule has 0 aromatic heterocycles. The topological polar surface area (TPSA) is 54.4 Å². The van der Waals surface area contributed by atoms with E-state index in [0.29, 0.717) is 18.8 Å². The summed E-state index contributed by atoms with van der Waals surface area (Å²) >= 11 is 0. The van der Waals surface area contributed by atoms with Crippen molar-refractivity contribution in [2.75, 3.05) is 0 Å². The van der Waals surface area contributed by atoms with Crippen LogP contribution in [0.15, 0.2) is 93.6 Å². The minimum absolute atomic E-state index is 0.00765. The SMILES string of the molecule is C=C1CCC(O)C/C1=C/C=C1\CCCC2(C)C([C@H](C)C/C=C(/F)S(=O)(=O)c3ccccc3)=CC[C@@H]12. The molecular weight excluding hydrogens is 459 g/mol. The Bertz CT molecular complexity index is 1190. The molecule has 35 heavy (non-hydrogen) atoms. The number of halogens is 1. The van der Waals surface area contributed by atoms with E-state index in [9.17, 15) is 17.9 Å². The third-order valence-electron chi connectivity index (χ3n) is 8.27. The Morgan fingerprint density at radius 3 is 2.74 bits per heavy atom. The van der Waals surface area contributed by atoms with Gasteiger partial charge in [0.2, 0.25) is 15.0 Å². The zero-order chi connectivity index (χ0) is 25.2. The molecule has 0 amide bonds. The number of hydrogen-bond acceptors (Lipinski definition) is 3. The fourth-order valence-corrected chi connectivity index (χ4v) is 7.29. The normalized spacial score (nSPS) is 30.9. The lowest BCUT2D eigenvalue weighted by molar-refractivity contribution is 0.158. The maximum atomic E-state index is 14.8. The second kappa shape index (κ2) is 10.4. The van der Waals surface area contributed by atoms with Crippen molar-refractivity contribution in [2.45, 2.75) is 76.2 Å². The predicted octanol–water partition coefficient (Wildman–Crippen LogP) is 7.39. The number of sulfone groups is 1. The number of benzene rings is 1. The molecule has 4 atom stereocenters. The molecule has 188 valence electrons. The van der Waals surface area contributed by atoms with Crippen molar-refractivity contribution in [3.8, 4) is 0 Å². The van der Waals surface area contributed by atoms with Gasteiger partial charge in [0.05, 0.1) is 11.0 Å². The standard InChI is InChI=1S/C30H37FO3S/c1-21-11-15-25(32)20-24(21)14-13-23-8-7-19-30(3)27(16-17-28(23)30)22(2)12-18-29(31)35(33,34)26-9-5-4-6-10-26/h4-6,9-10,13-14,16,18,22,25,28,32H,1,7-8,11-12,15,17,19-20H2,2-3H3/b23-13+,24-14-,29-18-/t22-,25?,28+,30?/m1/s1. The summed E-state index contributed by atoms with van der Waals surface area (Å²) in [5.74, 6) is 0.474. The number of aliphatic hydroxyl groups excluding tert-OH is 1. The van der Waals surface area contributed by atoms with Gasteiger partial charge >= 0.3 is 0 Å². The van der Waals surface area contributed by atoms with Gasteiger partial charge in [-0.2, -0.15) is 4.39 Å². The van der Waals surface area contributed by atoms with Gasteiger partial charge in [0.1, 0.15) is 0 Å². The Hall–Kier alpha value is -2.24. The second-order valence-electron chi connectivity index (χ2n) is 10.6. The molecule has 2 saturated carbocycles. The first kappa shape index (κ1) is 25.8. The van der Waals surface area contributed by atoms with Crippen LogP contribution in [-0.4, -0.2) is 19.6 Å². The smallest absolute Gasteiger partial charge is 0.232 e. The molecule has 0 spiro atoms. The van der Waals surface area contributed by atoms with Gasteiger partial charge in [-0.15, -0.1) is 0 Å². The van der Waals surface area contributed by atoms with E-state index in [1.807, 2.05) is 0 Å². The zero-order valence-electron chi connectivity index (χ0n) is 20.8. The van der Waals surface area contributed by atoms with E-state index in [4.69, 9.17) is 0 Å². The van der Waals surface area contributed by atoms with Gasteiger partial charge < -0.3 is 5.11 Å². The Kier molecular flexibility index (Phi) is 7.68. The van der Waals surface area contributed by atoms with Crippen LogP contribution in [-0.2, 0) is 9.84 Å². The highest BCUT2D eigenvalue weighted by Gasteiger charge is 2.45. The van der Waals surface area contributed by atoms with E-state index in [0.717, 1.165) is 49.7 Å². The first-order valence-electron chi connectivity index (χ1n) is 12.7. The summed E-state index contributed by atoms with van der Waals surface area (Å²) in [5.41, 5.74) is 5.05. The second-order valence-corrected chi connectivity index (χ2v) is 12.5. The Labute approximate surface area is 209 Å². The van der Waals surface area contributed by atoms with Crippen molar-refractivity contribution >= 4 is 9.84 Å². The zero-order valence-corrected chi connectivity index (χ0v) is 21.7.